The van der Waals surface area contributed by atoms with Crippen LogP contribution >= 0.6 is 0 Å². The monoisotopic (exact) mass is 431 g/mol. The minimum Gasteiger partial charge on any atom is -0.370 e. The molecule has 0 unspecified atom stereocenters. The minimum atomic E-state index is -2.62. The van der Waals surface area contributed by atoms with Gasteiger partial charge in [-0.1, -0.05) is 36.4 Å². The van der Waals surface area contributed by atoms with Gasteiger partial charge in [-0.3, -0.25) is 9.78 Å². The van der Waals surface area contributed by atoms with Crippen LogP contribution in [-0.4, -0.2) is 28.6 Å². The molecule has 0 amide bonds. The quantitative estimate of drug-likeness (QED) is 0.429. The summed E-state index contributed by atoms with van der Waals surface area (Å²) in [5.74, 6) is -2.41. The molecular weight excluding hydrogens is 408 g/mol. The number of nitrogens with zero attached hydrogens (tertiary/aromatic N) is 3. The molecule has 3 heterocycles. The highest BCUT2D eigenvalue weighted by Gasteiger charge is 2.42. The standard InChI is InChI=1S/C26H23F2N3O/c27-26(28)11-14-30(15-12-26)22-7-3-5-18-10-13-31(25(32)24(18)22)23-16-19(23)21-9-8-17-4-1-2-6-20(17)29-21/h1-10,13,19,23H,11-12,14-16H2/t19-,23+/m0/s1. The summed E-state index contributed by atoms with van der Waals surface area (Å²) in [5.41, 5.74) is 2.68. The molecule has 2 aliphatic rings. The highest BCUT2D eigenvalue weighted by molar-refractivity contribution is 5.93. The average molecular weight is 431 g/mol. The molecule has 4 aromatic rings. The molecule has 1 aliphatic carbocycles. The second-order valence-corrected chi connectivity index (χ2v) is 8.95. The summed E-state index contributed by atoms with van der Waals surface area (Å²) >= 11 is 0. The Bertz CT molecular complexity index is 1390. The summed E-state index contributed by atoms with van der Waals surface area (Å²) in [5, 5.41) is 2.58. The number of fused-ring (bicyclic) bond motifs is 2. The fourth-order valence-electron chi connectivity index (χ4n) is 4.98. The SMILES string of the molecule is O=c1c2c(N3CCC(F)(F)CC3)cccc2ccn1[C@@H]1C[C@H]1c1ccc2ccccc2n1. The van der Waals surface area contributed by atoms with Crippen LogP contribution < -0.4 is 10.5 Å². The molecule has 162 valence electrons. The third kappa shape index (κ3) is 3.25. The Morgan fingerprint density at radius 1 is 0.906 bits per heavy atom. The third-order valence-electron chi connectivity index (χ3n) is 6.89. The number of para-hydroxylation sites is 1. The average Bonchev–Trinajstić information content (AvgIpc) is 3.59. The van der Waals surface area contributed by atoms with Gasteiger partial charge in [0.1, 0.15) is 0 Å². The molecule has 1 saturated carbocycles. The normalized spacial score (nSPS) is 22.4. The molecule has 4 nitrogen and oxygen atoms in total. The van der Waals surface area contributed by atoms with E-state index in [1.54, 1.807) is 0 Å². The zero-order valence-electron chi connectivity index (χ0n) is 17.5. The zero-order chi connectivity index (χ0) is 21.9. The Morgan fingerprint density at radius 3 is 2.53 bits per heavy atom. The van der Waals surface area contributed by atoms with Gasteiger partial charge in [0.2, 0.25) is 0 Å². The molecule has 0 spiro atoms. The van der Waals surface area contributed by atoms with Gasteiger partial charge in [-0.25, -0.2) is 8.78 Å². The highest BCUT2D eigenvalue weighted by Crippen LogP contribution is 2.50. The van der Waals surface area contributed by atoms with Crippen molar-refractivity contribution >= 4 is 27.4 Å². The molecule has 2 atom stereocenters. The van der Waals surface area contributed by atoms with E-state index in [0.717, 1.165) is 34.1 Å². The van der Waals surface area contributed by atoms with E-state index in [-0.39, 0.29) is 43.5 Å². The molecule has 6 rings (SSSR count). The van der Waals surface area contributed by atoms with Crippen LogP contribution in [-0.2, 0) is 0 Å². The minimum absolute atomic E-state index is 0.0521. The summed E-state index contributed by atoms with van der Waals surface area (Å²) in [7, 11) is 0. The van der Waals surface area contributed by atoms with Crippen LogP contribution in [0.5, 0.6) is 0 Å². The van der Waals surface area contributed by atoms with Gasteiger partial charge in [0.15, 0.2) is 0 Å². The largest absolute Gasteiger partial charge is 0.370 e. The van der Waals surface area contributed by atoms with E-state index in [1.165, 1.54) is 0 Å². The van der Waals surface area contributed by atoms with E-state index in [1.807, 2.05) is 64.2 Å². The maximum atomic E-state index is 13.7. The number of anilines is 1. The van der Waals surface area contributed by atoms with Crippen LogP contribution in [0, 0.1) is 0 Å². The number of alkyl halides is 2. The van der Waals surface area contributed by atoms with E-state index in [9.17, 15) is 13.6 Å². The van der Waals surface area contributed by atoms with Crippen molar-refractivity contribution in [1.82, 2.24) is 9.55 Å². The second kappa shape index (κ2) is 7.12. The first-order chi connectivity index (χ1) is 15.5. The van der Waals surface area contributed by atoms with Gasteiger partial charge >= 0.3 is 0 Å². The van der Waals surface area contributed by atoms with Crippen molar-refractivity contribution in [3.8, 4) is 0 Å². The lowest BCUT2D eigenvalue weighted by Gasteiger charge is -2.34. The smallest absolute Gasteiger partial charge is 0.260 e. The van der Waals surface area contributed by atoms with Gasteiger partial charge in [-0.15, -0.1) is 0 Å². The van der Waals surface area contributed by atoms with Crippen molar-refractivity contribution < 1.29 is 8.78 Å². The summed E-state index contributed by atoms with van der Waals surface area (Å²) in [6.07, 6.45) is 2.38. The first kappa shape index (κ1) is 19.4. The van der Waals surface area contributed by atoms with E-state index in [2.05, 4.69) is 12.1 Å². The number of piperidine rings is 1. The highest BCUT2D eigenvalue weighted by atomic mass is 19.3. The molecule has 2 aromatic heterocycles. The summed E-state index contributed by atoms with van der Waals surface area (Å²) in [6, 6.07) is 19.9. The number of hydrogen-bond acceptors (Lipinski definition) is 3. The number of benzene rings is 2. The first-order valence-corrected chi connectivity index (χ1v) is 11.1. The van der Waals surface area contributed by atoms with Crippen molar-refractivity contribution in [1.29, 1.82) is 0 Å². The molecule has 0 bridgehead atoms. The lowest BCUT2D eigenvalue weighted by atomic mass is 10.0. The number of rotatable bonds is 3. The number of aromatic nitrogens is 2. The summed E-state index contributed by atoms with van der Waals surface area (Å²) in [4.78, 5) is 20.3. The number of halogens is 2. The Balaban J connectivity index is 1.35. The van der Waals surface area contributed by atoms with Crippen LogP contribution in [0.4, 0.5) is 14.5 Å². The van der Waals surface area contributed by atoms with Crippen molar-refractivity contribution in [2.45, 2.75) is 37.1 Å². The molecule has 0 radical (unpaired) electrons. The van der Waals surface area contributed by atoms with Crippen molar-refractivity contribution in [2.24, 2.45) is 0 Å². The fraction of sp³-hybridized carbons (Fsp3) is 0.308. The Kier molecular flexibility index (Phi) is 4.32. The molecule has 0 N–H and O–H groups in total. The van der Waals surface area contributed by atoms with E-state index in [0.29, 0.717) is 5.39 Å². The molecular formula is C26H23F2N3O. The zero-order valence-corrected chi connectivity index (χ0v) is 17.5. The number of hydrogen-bond donors (Lipinski definition) is 0. The van der Waals surface area contributed by atoms with E-state index in [4.69, 9.17) is 4.98 Å². The van der Waals surface area contributed by atoms with E-state index >= 15 is 0 Å². The third-order valence-corrected chi connectivity index (χ3v) is 6.89. The topological polar surface area (TPSA) is 38.1 Å². The predicted octanol–water partition coefficient (Wildman–Crippen LogP) is 5.51. The van der Waals surface area contributed by atoms with Crippen LogP contribution in [0.25, 0.3) is 21.7 Å². The number of pyridine rings is 2. The van der Waals surface area contributed by atoms with Crippen molar-refractivity contribution in [3.05, 3.63) is 82.9 Å². The van der Waals surface area contributed by atoms with Gasteiger partial charge in [0, 0.05) is 55.2 Å². The van der Waals surface area contributed by atoms with Crippen LogP contribution in [0.2, 0.25) is 0 Å². The Morgan fingerprint density at radius 2 is 1.69 bits per heavy atom. The molecule has 1 saturated heterocycles. The fourth-order valence-corrected chi connectivity index (χ4v) is 4.98. The second-order valence-electron chi connectivity index (χ2n) is 8.95. The summed E-state index contributed by atoms with van der Waals surface area (Å²) < 4.78 is 29.1. The summed E-state index contributed by atoms with van der Waals surface area (Å²) in [6.45, 7) is 0.515. The molecule has 6 heteroatoms. The maximum absolute atomic E-state index is 13.7. The first-order valence-electron chi connectivity index (χ1n) is 11.1. The van der Waals surface area contributed by atoms with Crippen LogP contribution in [0.3, 0.4) is 0 Å². The van der Waals surface area contributed by atoms with Gasteiger partial charge in [0.05, 0.1) is 16.6 Å². The molecule has 32 heavy (non-hydrogen) atoms. The van der Waals surface area contributed by atoms with Gasteiger partial charge in [-0.05, 0) is 36.1 Å². The van der Waals surface area contributed by atoms with E-state index < -0.39 is 5.92 Å². The van der Waals surface area contributed by atoms with Gasteiger partial charge in [-0.2, -0.15) is 0 Å². The Hall–Kier alpha value is -3.28. The molecule has 1 aliphatic heterocycles. The predicted molar refractivity (Wildman–Crippen MR) is 123 cm³/mol. The molecule has 2 aromatic carbocycles. The van der Waals surface area contributed by atoms with Crippen LogP contribution in [0.15, 0.2) is 71.7 Å². The molecule has 2 fully saturated rings. The van der Waals surface area contributed by atoms with Crippen molar-refractivity contribution in [2.75, 3.05) is 18.0 Å². The van der Waals surface area contributed by atoms with Gasteiger partial charge in [0.25, 0.3) is 11.5 Å². The lowest BCUT2D eigenvalue weighted by Crippen LogP contribution is -2.40. The maximum Gasteiger partial charge on any atom is 0.260 e. The van der Waals surface area contributed by atoms with Gasteiger partial charge < -0.3 is 9.47 Å². The lowest BCUT2D eigenvalue weighted by molar-refractivity contribution is -0.0220. The van der Waals surface area contributed by atoms with Crippen LogP contribution in [0.1, 0.15) is 36.9 Å². The van der Waals surface area contributed by atoms with Crippen molar-refractivity contribution in [3.63, 3.8) is 0 Å². The Labute approximate surface area is 184 Å².